The third-order valence-corrected chi connectivity index (χ3v) is 5.06. The summed E-state index contributed by atoms with van der Waals surface area (Å²) in [6, 6.07) is 8.54. The minimum atomic E-state index is -0.559. The molecule has 4 heterocycles. The maximum Gasteiger partial charge on any atom is 0.274 e. The van der Waals surface area contributed by atoms with E-state index in [9.17, 15) is 9.18 Å². The number of pyridine rings is 1. The van der Waals surface area contributed by atoms with E-state index in [1.165, 1.54) is 23.6 Å². The predicted octanol–water partition coefficient (Wildman–Crippen LogP) is 3.67. The van der Waals surface area contributed by atoms with Gasteiger partial charge >= 0.3 is 0 Å². The minimum Gasteiger partial charge on any atom is -0.339 e. The molecule has 0 unspecified atom stereocenters. The van der Waals surface area contributed by atoms with Crippen molar-refractivity contribution in [3.63, 3.8) is 0 Å². The number of carbonyl (C=O) groups is 1. The molecule has 4 rings (SSSR count). The van der Waals surface area contributed by atoms with Crippen LogP contribution >= 0.6 is 11.3 Å². The molecule has 0 fully saturated rings. The standard InChI is InChI=1S/C21H16FN7OS/c22-19-10-15(5-7-24-19)11-29-8-1-2-18(29)20(30)27-21-26-17(13-31-21)4-3-16-12-28(9-6-23)14-25-16/h1-5,7-8,10,12-14H,9,11H2,(H,26,27,30)/b4-3+. The average molecular weight is 433 g/mol. The molecule has 154 valence electrons. The summed E-state index contributed by atoms with van der Waals surface area (Å²) in [5.74, 6) is -0.865. The lowest BCUT2D eigenvalue weighted by atomic mass is 10.2. The molecule has 4 aromatic rings. The summed E-state index contributed by atoms with van der Waals surface area (Å²) in [5, 5.41) is 13.8. The van der Waals surface area contributed by atoms with Gasteiger partial charge in [-0.05, 0) is 42.0 Å². The van der Waals surface area contributed by atoms with Gasteiger partial charge in [0, 0.05) is 30.5 Å². The van der Waals surface area contributed by atoms with Crippen LogP contribution in [0.3, 0.4) is 0 Å². The Bertz CT molecular complexity index is 1280. The van der Waals surface area contributed by atoms with Gasteiger partial charge in [-0.3, -0.25) is 10.1 Å². The molecule has 0 aliphatic heterocycles. The normalized spacial score (nSPS) is 11.0. The molecule has 0 aromatic carbocycles. The fourth-order valence-corrected chi connectivity index (χ4v) is 3.55. The second-order valence-corrected chi connectivity index (χ2v) is 7.36. The van der Waals surface area contributed by atoms with Crippen molar-refractivity contribution in [2.45, 2.75) is 13.1 Å². The van der Waals surface area contributed by atoms with E-state index in [1.54, 1.807) is 58.2 Å². The van der Waals surface area contributed by atoms with Gasteiger partial charge in [0.2, 0.25) is 5.95 Å². The highest BCUT2D eigenvalue weighted by molar-refractivity contribution is 7.14. The topological polar surface area (TPSA) is 101 Å². The molecule has 0 aliphatic rings. The second kappa shape index (κ2) is 9.15. The third-order valence-electron chi connectivity index (χ3n) is 4.28. The SMILES string of the molecule is N#CCn1cnc(/C=C/c2csc(NC(=O)c3cccn3Cc3ccnc(F)c3)n2)c1. The number of carbonyl (C=O) groups excluding carboxylic acids is 1. The number of halogens is 1. The summed E-state index contributed by atoms with van der Waals surface area (Å²) >= 11 is 1.31. The summed E-state index contributed by atoms with van der Waals surface area (Å²) in [6.45, 7) is 0.588. The molecule has 0 saturated carbocycles. The first-order chi connectivity index (χ1) is 15.1. The van der Waals surface area contributed by atoms with Crippen LogP contribution in [0, 0.1) is 17.3 Å². The first-order valence-corrected chi connectivity index (χ1v) is 10.1. The van der Waals surface area contributed by atoms with Crippen LogP contribution in [0.5, 0.6) is 0 Å². The maximum absolute atomic E-state index is 13.3. The second-order valence-electron chi connectivity index (χ2n) is 6.50. The zero-order valence-electron chi connectivity index (χ0n) is 16.1. The zero-order valence-corrected chi connectivity index (χ0v) is 17.0. The Balaban J connectivity index is 1.41. The number of nitrogens with zero attached hydrogens (tertiary/aromatic N) is 6. The van der Waals surface area contributed by atoms with Crippen LogP contribution < -0.4 is 5.32 Å². The van der Waals surface area contributed by atoms with E-state index in [0.29, 0.717) is 34.3 Å². The number of hydrogen-bond donors (Lipinski definition) is 1. The largest absolute Gasteiger partial charge is 0.339 e. The summed E-state index contributed by atoms with van der Waals surface area (Å²) in [5.41, 5.74) is 2.53. The van der Waals surface area contributed by atoms with E-state index >= 15 is 0 Å². The fraction of sp³-hybridized carbons (Fsp3) is 0.0952. The molecule has 0 atom stereocenters. The molecule has 0 bridgehead atoms. The van der Waals surface area contributed by atoms with Gasteiger partial charge in [0.1, 0.15) is 12.2 Å². The summed E-state index contributed by atoms with van der Waals surface area (Å²) in [4.78, 5) is 24.8. The van der Waals surface area contributed by atoms with Gasteiger partial charge in [0.25, 0.3) is 5.91 Å². The van der Waals surface area contributed by atoms with Crippen LogP contribution in [0.4, 0.5) is 9.52 Å². The molecular formula is C21H16FN7OS. The monoisotopic (exact) mass is 433 g/mol. The van der Waals surface area contributed by atoms with E-state index in [1.807, 2.05) is 5.38 Å². The number of rotatable bonds is 7. The number of anilines is 1. The van der Waals surface area contributed by atoms with E-state index in [2.05, 4.69) is 26.3 Å². The molecule has 1 amide bonds. The van der Waals surface area contributed by atoms with Gasteiger partial charge in [-0.25, -0.2) is 15.0 Å². The first-order valence-electron chi connectivity index (χ1n) is 9.20. The summed E-state index contributed by atoms with van der Waals surface area (Å²) in [6.07, 6.45) is 10.1. The van der Waals surface area contributed by atoms with Crippen LogP contribution in [0.25, 0.3) is 12.2 Å². The number of imidazole rings is 1. The molecular weight excluding hydrogens is 417 g/mol. The maximum atomic E-state index is 13.3. The number of amides is 1. The van der Waals surface area contributed by atoms with Crippen molar-refractivity contribution >= 4 is 34.5 Å². The van der Waals surface area contributed by atoms with Crippen molar-refractivity contribution < 1.29 is 9.18 Å². The van der Waals surface area contributed by atoms with Crippen molar-refractivity contribution in [2.24, 2.45) is 0 Å². The Morgan fingerprint density at radius 3 is 3.00 bits per heavy atom. The molecule has 0 spiro atoms. The summed E-state index contributed by atoms with van der Waals surface area (Å²) < 4.78 is 16.7. The Morgan fingerprint density at radius 1 is 1.29 bits per heavy atom. The molecule has 0 saturated heterocycles. The van der Waals surface area contributed by atoms with E-state index in [0.717, 1.165) is 0 Å². The average Bonchev–Trinajstić information content (AvgIpc) is 3.48. The third kappa shape index (κ3) is 5.09. The highest BCUT2D eigenvalue weighted by Gasteiger charge is 2.13. The number of nitrogens with one attached hydrogen (secondary N) is 1. The quantitative estimate of drug-likeness (QED) is 0.448. The zero-order chi connectivity index (χ0) is 21.6. The van der Waals surface area contributed by atoms with Gasteiger partial charge in [0.05, 0.1) is 23.8 Å². The molecule has 8 nitrogen and oxygen atoms in total. The van der Waals surface area contributed by atoms with Gasteiger partial charge in [-0.2, -0.15) is 9.65 Å². The van der Waals surface area contributed by atoms with Gasteiger partial charge in [-0.15, -0.1) is 11.3 Å². The number of nitriles is 1. The van der Waals surface area contributed by atoms with Crippen molar-refractivity contribution in [1.29, 1.82) is 5.26 Å². The highest BCUT2D eigenvalue weighted by Crippen LogP contribution is 2.19. The van der Waals surface area contributed by atoms with Crippen molar-refractivity contribution in [3.8, 4) is 6.07 Å². The highest BCUT2D eigenvalue weighted by atomic mass is 32.1. The lowest BCUT2D eigenvalue weighted by Gasteiger charge is -2.09. The number of thiazole rings is 1. The van der Waals surface area contributed by atoms with Crippen molar-refractivity contribution in [1.82, 2.24) is 24.1 Å². The van der Waals surface area contributed by atoms with Crippen LogP contribution in [0.2, 0.25) is 0 Å². The Morgan fingerprint density at radius 2 is 2.16 bits per heavy atom. The van der Waals surface area contributed by atoms with Gasteiger partial charge in [-0.1, -0.05) is 0 Å². The molecule has 4 aromatic heterocycles. The smallest absolute Gasteiger partial charge is 0.274 e. The number of hydrogen-bond acceptors (Lipinski definition) is 6. The lowest BCUT2D eigenvalue weighted by Crippen LogP contribution is -2.17. The van der Waals surface area contributed by atoms with Crippen molar-refractivity contribution in [2.75, 3.05) is 5.32 Å². The van der Waals surface area contributed by atoms with E-state index in [-0.39, 0.29) is 12.5 Å². The predicted molar refractivity (Wildman–Crippen MR) is 115 cm³/mol. The lowest BCUT2D eigenvalue weighted by molar-refractivity contribution is 0.101. The number of aromatic nitrogens is 5. The first kappa shape index (κ1) is 20.2. The van der Waals surface area contributed by atoms with Crippen LogP contribution in [-0.2, 0) is 13.1 Å². The summed E-state index contributed by atoms with van der Waals surface area (Å²) in [7, 11) is 0. The Labute approximate surface area is 181 Å². The minimum absolute atomic E-state index is 0.242. The van der Waals surface area contributed by atoms with E-state index in [4.69, 9.17) is 5.26 Å². The van der Waals surface area contributed by atoms with Crippen molar-refractivity contribution in [3.05, 3.63) is 83.2 Å². The fourth-order valence-electron chi connectivity index (χ4n) is 2.88. The van der Waals surface area contributed by atoms with E-state index < -0.39 is 5.95 Å². The van der Waals surface area contributed by atoms with Crippen LogP contribution in [0.15, 0.2) is 54.6 Å². The molecule has 31 heavy (non-hydrogen) atoms. The molecule has 0 radical (unpaired) electrons. The molecule has 1 N–H and O–H groups in total. The molecule has 0 aliphatic carbocycles. The van der Waals surface area contributed by atoms with Crippen LogP contribution in [0.1, 0.15) is 27.4 Å². The van der Waals surface area contributed by atoms with Gasteiger partial charge in [0.15, 0.2) is 5.13 Å². The van der Waals surface area contributed by atoms with Gasteiger partial charge < -0.3 is 9.13 Å². The van der Waals surface area contributed by atoms with Crippen LogP contribution in [-0.4, -0.2) is 30.0 Å². The Hall–Kier alpha value is -4.10. The Kier molecular flexibility index (Phi) is 5.96. The molecule has 10 heteroatoms.